The minimum Gasteiger partial charge on any atom is -0.337 e. The fraction of sp³-hybridized carbons (Fsp3) is 0.222. The number of hydrogen-bond donors (Lipinski definition) is 0. The van der Waals surface area contributed by atoms with E-state index in [2.05, 4.69) is 0 Å². The van der Waals surface area contributed by atoms with E-state index < -0.39 is 15.7 Å². The second kappa shape index (κ2) is 9.81. The molecule has 0 unspecified atom stereocenters. The third kappa shape index (κ3) is 5.20. The van der Waals surface area contributed by atoms with Crippen LogP contribution in [0.1, 0.15) is 25.0 Å². The molecule has 0 aliphatic rings. The van der Waals surface area contributed by atoms with E-state index in [1.807, 2.05) is 56.3 Å². The Labute approximate surface area is 199 Å². The van der Waals surface area contributed by atoms with Gasteiger partial charge in [0.1, 0.15) is 12.4 Å². The number of aromatic nitrogens is 1. The zero-order valence-corrected chi connectivity index (χ0v) is 20.0. The predicted molar refractivity (Wildman–Crippen MR) is 131 cm³/mol. The van der Waals surface area contributed by atoms with E-state index in [1.165, 1.54) is 24.3 Å². The molecule has 0 saturated heterocycles. The van der Waals surface area contributed by atoms with Crippen LogP contribution >= 0.6 is 0 Å². The van der Waals surface area contributed by atoms with Gasteiger partial charge in [-0.05, 0) is 43.2 Å². The molecule has 0 bridgehead atoms. The molecule has 0 atom stereocenters. The summed E-state index contributed by atoms with van der Waals surface area (Å²) >= 11 is 0. The summed E-state index contributed by atoms with van der Waals surface area (Å²) in [5.41, 5.74) is 2.21. The van der Waals surface area contributed by atoms with Crippen molar-refractivity contribution in [2.24, 2.45) is 0 Å². The second-order valence-electron chi connectivity index (χ2n) is 8.62. The van der Waals surface area contributed by atoms with Gasteiger partial charge < -0.3 is 9.47 Å². The summed E-state index contributed by atoms with van der Waals surface area (Å²) < 4.78 is 41.5. The number of carbonyl (C=O) groups is 1. The summed E-state index contributed by atoms with van der Waals surface area (Å²) in [4.78, 5) is 15.3. The van der Waals surface area contributed by atoms with Crippen molar-refractivity contribution in [2.45, 2.75) is 43.6 Å². The molecule has 0 saturated carbocycles. The number of para-hydroxylation sites is 1. The van der Waals surface area contributed by atoms with Crippen LogP contribution in [-0.2, 0) is 33.5 Å². The first kappa shape index (κ1) is 23.7. The zero-order chi connectivity index (χ0) is 24.3. The number of fused-ring (bicyclic) bond motifs is 1. The Morgan fingerprint density at radius 2 is 1.56 bits per heavy atom. The van der Waals surface area contributed by atoms with Crippen LogP contribution in [-0.4, -0.2) is 29.8 Å². The van der Waals surface area contributed by atoms with Crippen molar-refractivity contribution in [1.82, 2.24) is 9.47 Å². The molecule has 0 fully saturated rings. The highest BCUT2D eigenvalue weighted by Crippen LogP contribution is 2.28. The zero-order valence-electron chi connectivity index (χ0n) is 19.2. The molecule has 0 spiro atoms. The molecule has 4 aromatic rings. The Hall–Kier alpha value is -3.45. The molecule has 176 valence electrons. The van der Waals surface area contributed by atoms with Gasteiger partial charge in [0.15, 0.2) is 9.84 Å². The van der Waals surface area contributed by atoms with Gasteiger partial charge in [-0.3, -0.25) is 4.79 Å². The molecular formula is C27H27FN2O3S. The summed E-state index contributed by atoms with van der Waals surface area (Å²) in [7, 11) is -3.72. The largest absolute Gasteiger partial charge is 0.337 e. The van der Waals surface area contributed by atoms with E-state index in [1.54, 1.807) is 27.8 Å². The summed E-state index contributed by atoms with van der Waals surface area (Å²) in [5.74, 6) is -0.759. The lowest BCUT2D eigenvalue weighted by molar-refractivity contribution is -0.134. The first-order chi connectivity index (χ1) is 16.2. The third-order valence-corrected chi connectivity index (χ3v) is 7.51. The van der Waals surface area contributed by atoms with Crippen molar-refractivity contribution >= 4 is 26.6 Å². The van der Waals surface area contributed by atoms with Crippen LogP contribution in [0.25, 0.3) is 10.9 Å². The standard InChI is InChI=1S/C27H27FN2O3S/c1-20(2)30(16-21-8-4-3-5-9-21)27(31)18-29-17-26(24-10-6-7-11-25(24)29)34(32,33)19-22-12-14-23(28)15-13-22/h3-15,17,20H,16,18-19H2,1-2H3. The Kier molecular flexibility index (Phi) is 6.84. The summed E-state index contributed by atoms with van der Waals surface area (Å²) in [6.45, 7) is 4.43. The van der Waals surface area contributed by atoms with Crippen LogP contribution in [0.4, 0.5) is 4.39 Å². The molecule has 1 aromatic heterocycles. The van der Waals surface area contributed by atoms with E-state index in [-0.39, 0.29) is 29.1 Å². The number of hydrogen-bond acceptors (Lipinski definition) is 3. The van der Waals surface area contributed by atoms with Crippen LogP contribution in [0.15, 0.2) is 90.0 Å². The van der Waals surface area contributed by atoms with Crippen molar-refractivity contribution in [3.8, 4) is 0 Å². The molecule has 7 heteroatoms. The van der Waals surface area contributed by atoms with Gasteiger partial charge in [-0.15, -0.1) is 0 Å². The number of carbonyl (C=O) groups excluding carboxylic acids is 1. The maximum Gasteiger partial charge on any atom is 0.243 e. The number of halogens is 1. The molecule has 0 aliphatic heterocycles. The number of rotatable bonds is 8. The normalized spacial score (nSPS) is 11.8. The third-order valence-electron chi connectivity index (χ3n) is 5.80. The van der Waals surface area contributed by atoms with Crippen LogP contribution < -0.4 is 0 Å². The lowest BCUT2D eigenvalue weighted by Gasteiger charge is -2.27. The van der Waals surface area contributed by atoms with Crippen molar-refractivity contribution in [1.29, 1.82) is 0 Å². The highest BCUT2D eigenvalue weighted by molar-refractivity contribution is 7.90. The molecule has 1 heterocycles. The molecular weight excluding hydrogens is 451 g/mol. The molecule has 3 aromatic carbocycles. The molecule has 0 aliphatic carbocycles. The van der Waals surface area contributed by atoms with Gasteiger partial charge in [-0.2, -0.15) is 0 Å². The average Bonchev–Trinajstić information content (AvgIpc) is 3.19. The van der Waals surface area contributed by atoms with Crippen LogP contribution in [0.5, 0.6) is 0 Å². The highest BCUT2D eigenvalue weighted by Gasteiger charge is 2.24. The number of benzene rings is 3. The van der Waals surface area contributed by atoms with Gasteiger partial charge in [-0.1, -0.05) is 60.7 Å². The molecule has 4 rings (SSSR count). The summed E-state index contributed by atoms with van der Waals surface area (Å²) in [6.07, 6.45) is 1.54. The van der Waals surface area contributed by atoms with Gasteiger partial charge in [0.2, 0.25) is 5.91 Å². The molecule has 34 heavy (non-hydrogen) atoms. The van der Waals surface area contributed by atoms with Crippen LogP contribution in [0, 0.1) is 5.82 Å². The van der Waals surface area contributed by atoms with E-state index in [0.717, 1.165) is 5.56 Å². The Morgan fingerprint density at radius 1 is 0.912 bits per heavy atom. The Balaban J connectivity index is 1.64. The van der Waals surface area contributed by atoms with Crippen molar-refractivity contribution in [3.63, 3.8) is 0 Å². The van der Waals surface area contributed by atoms with Gasteiger partial charge in [0, 0.05) is 29.7 Å². The first-order valence-corrected chi connectivity index (χ1v) is 12.8. The fourth-order valence-electron chi connectivity index (χ4n) is 4.04. The van der Waals surface area contributed by atoms with Gasteiger partial charge in [-0.25, -0.2) is 12.8 Å². The van der Waals surface area contributed by atoms with Crippen molar-refractivity contribution in [3.05, 3.63) is 102 Å². The van der Waals surface area contributed by atoms with Crippen molar-refractivity contribution < 1.29 is 17.6 Å². The van der Waals surface area contributed by atoms with Crippen LogP contribution in [0.2, 0.25) is 0 Å². The smallest absolute Gasteiger partial charge is 0.243 e. The number of sulfone groups is 1. The summed E-state index contributed by atoms with van der Waals surface area (Å²) in [6, 6.07) is 22.4. The second-order valence-corrected chi connectivity index (χ2v) is 10.6. The van der Waals surface area contributed by atoms with E-state index in [0.29, 0.717) is 23.0 Å². The minimum atomic E-state index is -3.72. The monoisotopic (exact) mass is 478 g/mol. The van der Waals surface area contributed by atoms with E-state index >= 15 is 0 Å². The molecule has 5 nitrogen and oxygen atoms in total. The SMILES string of the molecule is CC(C)N(Cc1ccccc1)C(=O)Cn1cc(S(=O)(=O)Cc2ccc(F)cc2)c2ccccc21. The van der Waals surface area contributed by atoms with E-state index in [4.69, 9.17) is 0 Å². The van der Waals surface area contributed by atoms with Gasteiger partial charge >= 0.3 is 0 Å². The molecule has 0 radical (unpaired) electrons. The Bertz CT molecular complexity index is 1400. The van der Waals surface area contributed by atoms with Gasteiger partial charge in [0.25, 0.3) is 0 Å². The van der Waals surface area contributed by atoms with Crippen molar-refractivity contribution in [2.75, 3.05) is 0 Å². The lowest BCUT2D eigenvalue weighted by Crippen LogP contribution is -2.38. The number of amides is 1. The Morgan fingerprint density at radius 3 is 2.24 bits per heavy atom. The average molecular weight is 479 g/mol. The highest BCUT2D eigenvalue weighted by atomic mass is 32.2. The minimum absolute atomic E-state index is 0.0174. The maximum absolute atomic E-state index is 13.3. The quantitative estimate of drug-likeness (QED) is 0.350. The fourth-order valence-corrected chi connectivity index (χ4v) is 5.63. The first-order valence-electron chi connectivity index (χ1n) is 11.1. The molecule has 0 N–H and O–H groups in total. The number of nitrogens with zero attached hydrogens (tertiary/aromatic N) is 2. The maximum atomic E-state index is 13.3. The predicted octanol–water partition coefficient (Wildman–Crippen LogP) is 5.19. The topological polar surface area (TPSA) is 59.4 Å². The van der Waals surface area contributed by atoms with E-state index in [9.17, 15) is 17.6 Å². The summed E-state index contributed by atoms with van der Waals surface area (Å²) in [5, 5.41) is 0.566. The van der Waals surface area contributed by atoms with Crippen LogP contribution in [0.3, 0.4) is 0 Å². The van der Waals surface area contributed by atoms with Gasteiger partial charge in [0.05, 0.1) is 10.6 Å². The molecule has 1 amide bonds. The lowest BCUT2D eigenvalue weighted by atomic mass is 10.2.